The van der Waals surface area contributed by atoms with Gasteiger partial charge in [-0.25, -0.2) is 13.2 Å². The summed E-state index contributed by atoms with van der Waals surface area (Å²) in [5, 5.41) is 3.63. The maximum Gasteiger partial charge on any atom is 0.322 e. The van der Waals surface area contributed by atoms with Gasteiger partial charge in [0.25, 0.3) is 10.0 Å². The molecular weight excluding hydrogens is 398 g/mol. The van der Waals surface area contributed by atoms with Crippen molar-refractivity contribution < 1.29 is 13.2 Å². The Labute approximate surface area is 169 Å². The second kappa shape index (κ2) is 7.64. The molecular formula is C20H22ClN3O3S. The molecule has 28 heavy (non-hydrogen) atoms. The molecule has 4 rings (SSSR count). The lowest BCUT2D eigenvalue weighted by molar-refractivity contribution is 0.243. The summed E-state index contributed by atoms with van der Waals surface area (Å²) < 4.78 is 27.9. The van der Waals surface area contributed by atoms with Crippen LogP contribution in [0.2, 0.25) is 5.02 Å². The molecule has 2 aromatic rings. The fourth-order valence-corrected chi connectivity index (χ4v) is 5.05. The molecule has 0 spiro atoms. The topological polar surface area (TPSA) is 78.5 Å². The highest BCUT2D eigenvalue weighted by molar-refractivity contribution is 7.92. The van der Waals surface area contributed by atoms with Crippen molar-refractivity contribution in [3.63, 3.8) is 0 Å². The molecule has 8 heteroatoms. The summed E-state index contributed by atoms with van der Waals surface area (Å²) in [6.45, 7) is 0.558. The molecule has 2 aliphatic rings. The van der Waals surface area contributed by atoms with Crippen LogP contribution in [0.3, 0.4) is 0 Å². The van der Waals surface area contributed by atoms with Crippen LogP contribution in [0.4, 0.5) is 16.2 Å². The highest BCUT2D eigenvalue weighted by Gasteiger charge is 2.28. The summed E-state index contributed by atoms with van der Waals surface area (Å²) in [6.07, 6.45) is 5.00. The third-order valence-corrected chi connectivity index (χ3v) is 6.91. The minimum absolute atomic E-state index is 0.0967. The van der Waals surface area contributed by atoms with E-state index in [4.69, 9.17) is 11.6 Å². The van der Waals surface area contributed by atoms with Gasteiger partial charge in [0.15, 0.2) is 0 Å². The number of fused-ring (bicyclic) bond motifs is 1. The fourth-order valence-electron chi connectivity index (χ4n) is 3.81. The van der Waals surface area contributed by atoms with Crippen LogP contribution in [0.1, 0.15) is 31.2 Å². The quantitative estimate of drug-likeness (QED) is 0.781. The highest BCUT2D eigenvalue weighted by atomic mass is 35.5. The zero-order valence-corrected chi connectivity index (χ0v) is 16.9. The van der Waals surface area contributed by atoms with Crippen molar-refractivity contribution in [3.8, 4) is 0 Å². The smallest absolute Gasteiger partial charge is 0.322 e. The predicted octanol–water partition coefficient (Wildman–Crippen LogP) is 4.16. The Morgan fingerprint density at radius 1 is 1.07 bits per heavy atom. The van der Waals surface area contributed by atoms with Gasteiger partial charge in [-0.1, -0.05) is 24.4 Å². The first-order chi connectivity index (χ1) is 13.4. The van der Waals surface area contributed by atoms with Gasteiger partial charge < -0.3 is 5.32 Å². The Bertz CT molecular complexity index is 986. The van der Waals surface area contributed by atoms with Crippen LogP contribution in [0.5, 0.6) is 0 Å². The number of nitrogens with one attached hydrogen (secondary N) is 2. The SMILES string of the molecule is O=C(NC1CCCC1)N1CCc2cc(S(=O)(=O)Nc3ccc(Cl)cc3)ccc21. The molecule has 0 radical (unpaired) electrons. The number of halogens is 1. The molecule has 1 fully saturated rings. The summed E-state index contributed by atoms with van der Waals surface area (Å²) in [5.41, 5.74) is 2.09. The van der Waals surface area contributed by atoms with Crippen LogP contribution in [0.15, 0.2) is 47.4 Å². The summed E-state index contributed by atoms with van der Waals surface area (Å²) in [6, 6.07) is 11.5. The van der Waals surface area contributed by atoms with Crippen LogP contribution in [-0.2, 0) is 16.4 Å². The Hall–Kier alpha value is -2.25. The molecule has 1 aliphatic carbocycles. The maximum atomic E-state index is 12.7. The molecule has 6 nitrogen and oxygen atoms in total. The molecule has 0 bridgehead atoms. The van der Waals surface area contributed by atoms with Gasteiger partial charge in [0.2, 0.25) is 0 Å². The average molecular weight is 420 g/mol. The van der Waals surface area contributed by atoms with Crippen LogP contribution in [0.25, 0.3) is 0 Å². The number of rotatable bonds is 4. The van der Waals surface area contributed by atoms with Crippen molar-refractivity contribution >= 4 is 39.0 Å². The highest BCUT2D eigenvalue weighted by Crippen LogP contribution is 2.31. The van der Waals surface area contributed by atoms with Gasteiger partial charge in [-0.15, -0.1) is 0 Å². The number of urea groups is 1. The van der Waals surface area contributed by atoms with E-state index in [1.54, 1.807) is 41.3 Å². The van der Waals surface area contributed by atoms with Crippen LogP contribution < -0.4 is 14.9 Å². The largest absolute Gasteiger partial charge is 0.335 e. The summed E-state index contributed by atoms with van der Waals surface area (Å²) >= 11 is 5.84. The first-order valence-corrected chi connectivity index (χ1v) is 11.3. The van der Waals surface area contributed by atoms with Crippen molar-refractivity contribution in [2.24, 2.45) is 0 Å². The van der Waals surface area contributed by atoms with E-state index in [2.05, 4.69) is 10.0 Å². The number of hydrogen-bond donors (Lipinski definition) is 2. The van der Waals surface area contributed by atoms with Crippen molar-refractivity contribution in [2.75, 3.05) is 16.2 Å². The summed E-state index contributed by atoms with van der Waals surface area (Å²) in [5.74, 6) is 0. The van der Waals surface area contributed by atoms with E-state index in [9.17, 15) is 13.2 Å². The van der Waals surface area contributed by atoms with Crippen LogP contribution in [-0.4, -0.2) is 27.0 Å². The number of hydrogen-bond acceptors (Lipinski definition) is 3. The Morgan fingerprint density at radius 2 is 1.79 bits per heavy atom. The van der Waals surface area contributed by atoms with E-state index < -0.39 is 10.0 Å². The number of carbonyl (C=O) groups is 1. The molecule has 1 aliphatic heterocycles. The number of nitrogens with zero attached hydrogens (tertiary/aromatic N) is 1. The molecule has 0 atom stereocenters. The Kier molecular flexibility index (Phi) is 5.21. The van der Waals surface area contributed by atoms with Gasteiger partial charge in [0.1, 0.15) is 0 Å². The van der Waals surface area contributed by atoms with Crippen molar-refractivity contribution in [1.29, 1.82) is 0 Å². The lowest BCUT2D eigenvalue weighted by atomic mass is 10.2. The zero-order chi connectivity index (χ0) is 19.7. The normalized spacial score (nSPS) is 16.8. The van der Waals surface area contributed by atoms with Gasteiger partial charge in [-0.05, 0) is 67.3 Å². The number of amides is 2. The molecule has 0 unspecified atom stereocenters. The van der Waals surface area contributed by atoms with Gasteiger partial charge in [-0.3, -0.25) is 9.62 Å². The number of benzene rings is 2. The predicted molar refractivity (Wildman–Crippen MR) is 111 cm³/mol. The third-order valence-electron chi connectivity index (χ3n) is 5.28. The molecule has 0 aromatic heterocycles. The van der Waals surface area contributed by atoms with E-state index in [0.717, 1.165) is 36.9 Å². The zero-order valence-electron chi connectivity index (χ0n) is 15.3. The lowest BCUT2D eigenvalue weighted by Crippen LogP contribution is -2.43. The fraction of sp³-hybridized carbons (Fsp3) is 0.350. The summed E-state index contributed by atoms with van der Waals surface area (Å²) in [4.78, 5) is 14.5. The van der Waals surface area contributed by atoms with Crippen molar-refractivity contribution in [3.05, 3.63) is 53.1 Å². The second-order valence-electron chi connectivity index (χ2n) is 7.24. The van der Waals surface area contributed by atoms with E-state index >= 15 is 0 Å². The van der Waals surface area contributed by atoms with Crippen LogP contribution in [0, 0.1) is 0 Å². The molecule has 0 saturated heterocycles. The third kappa shape index (κ3) is 3.95. The average Bonchev–Trinajstić information content (AvgIpc) is 3.32. The number of sulfonamides is 1. The lowest BCUT2D eigenvalue weighted by Gasteiger charge is -2.21. The maximum absolute atomic E-state index is 12.7. The molecule has 2 amide bonds. The van der Waals surface area contributed by atoms with Crippen LogP contribution >= 0.6 is 11.6 Å². The van der Waals surface area contributed by atoms with Crippen molar-refractivity contribution in [1.82, 2.24) is 5.32 Å². The monoisotopic (exact) mass is 419 g/mol. The number of anilines is 2. The van der Waals surface area contributed by atoms with E-state index in [1.807, 2.05) is 0 Å². The first kappa shape index (κ1) is 19.1. The van der Waals surface area contributed by atoms with E-state index in [1.165, 1.54) is 6.07 Å². The minimum Gasteiger partial charge on any atom is -0.335 e. The van der Waals surface area contributed by atoms with Gasteiger partial charge >= 0.3 is 6.03 Å². The van der Waals surface area contributed by atoms with Gasteiger partial charge in [-0.2, -0.15) is 0 Å². The Balaban J connectivity index is 1.51. The van der Waals surface area contributed by atoms with E-state index in [-0.39, 0.29) is 17.0 Å². The molecule has 2 N–H and O–H groups in total. The molecule has 1 heterocycles. The van der Waals surface area contributed by atoms with Gasteiger partial charge in [0, 0.05) is 29.0 Å². The Morgan fingerprint density at radius 3 is 2.50 bits per heavy atom. The standard InChI is InChI=1S/C20H22ClN3O3S/c21-15-5-7-17(8-6-15)23-28(26,27)18-9-10-19-14(13-18)11-12-24(19)20(25)22-16-3-1-2-4-16/h5-10,13,16,23H,1-4,11-12H2,(H,22,25). The molecule has 1 saturated carbocycles. The first-order valence-electron chi connectivity index (χ1n) is 9.42. The van der Waals surface area contributed by atoms with E-state index in [0.29, 0.717) is 23.7 Å². The molecule has 2 aromatic carbocycles. The number of carbonyl (C=O) groups excluding carboxylic acids is 1. The minimum atomic E-state index is -3.72. The molecule has 148 valence electrons. The summed E-state index contributed by atoms with van der Waals surface area (Å²) in [7, 11) is -3.72. The van der Waals surface area contributed by atoms with Gasteiger partial charge in [0.05, 0.1) is 4.90 Å². The van der Waals surface area contributed by atoms with Crippen molar-refractivity contribution in [2.45, 2.75) is 43.0 Å². The second-order valence-corrected chi connectivity index (χ2v) is 9.35.